The molecule has 1 atom stereocenters. The van der Waals surface area contributed by atoms with Gasteiger partial charge in [-0.25, -0.2) is 9.97 Å². The van der Waals surface area contributed by atoms with E-state index >= 15 is 0 Å². The lowest BCUT2D eigenvalue weighted by molar-refractivity contribution is -0.121. The van der Waals surface area contributed by atoms with E-state index in [1.165, 1.54) is 0 Å². The molecule has 0 spiro atoms. The molecule has 0 bridgehead atoms. The Morgan fingerprint density at radius 2 is 1.78 bits per heavy atom. The number of aromatic nitrogens is 2. The van der Waals surface area contributed by atoms with E-state index in [1.54, 1.807) is 4.90 Å². The number of benzene rings is 1. The van der Waals surface area contributed by atoms with Gasteiger partial charge in [0.25, 0.3) is 0 Å². The number of hydrogen-bond acceptors (Lipinski definition) is 6. The second-order valence-electron chi connectivity index (χ2n) is 7.16. The summed E-state index contributed by atoms with van der Waals surface area (Å²) in [5.41, 5.74) is 3.04. The predicted octanol–water partition coefficient (Wildman–Crippen LogP) is 1.93. The summed E-state index contributed by atoms with van der Waals surface area (Å²) in [6.07, 6.45) is 3.78. The van der Waals surface area contributed by atoms with Gasteiger partial charge in [0.15, 0.2) is 0 Å². The van der Waals surface area contributed by atoms with Gasteiger partial charge in [0, 0.05) is 51.2 Å². The van der Waals surface area contributed by atoms with Gasteiger partial charge in [0.2, 0.25) is 11.9 Å². The Labute approximate surface area is 159 Å². The largest absolute Gasteiger partial charge is 0.378 e. The highest BCUT2D eigenvalue weighted by atomic mass is 16.5. The van der Waals surface area contributed by atoms with E-state index in [2.05, 4.69) is 25.8 Å². The van der Waals surface area contributed by atoms with Crippen LogP contribution >= 0.6 is 0 Å². The number of anilines is 3. The fourth-order valence-electron chi connectivity index (χ4n) is 3.70. The number of morpholine rings is 1. The lowest BCUT2D eigenvalue weighted by atomic mass is 10.1. The quantitative estimate of drug-likeness (QED) is 0.826. The minimum Gasteiger partial charge on any atom is -0.378 e. The fourth-order valence-corrected chi connectivity index (χ4v) is 3.70. The summed E-state index contributed by atoms with van der Waals surface area (Å²) in [4.78, 5) is 27.8. The number of rotatable bonds is 3. The molecule has 7 heteroatoms. The molecule has 2 aliphatic heterocycles. The van der Waals surface area contributed by atoms with Gasteiger partial charge >= 0.3 is 0 Å². The molecule has 1 aromatic heterocycles. The van der Waals surface area contributed by atoms with Crippen LogP contribution < -0.4 is 14.7 Å². The molecule has 2 aromatic rings. The minimum atomic E-state index is -0.0732. The van der Waals surface area contributed by atoms with Crippen molar-refractivity contribution < 1.29 is 9.53 Å². The molecule has 2 aliphatic rings. The molecule has 0 aliphatic carbocycles. The average Bonchev–Trinajstić information content (AvgIpc) is 2.81. The van der Waals surface area contributed by atoms with Crippen molar-refractivity contribution in [1.29, 1.82) is 0 Å². The van der Waals surface area contributed by atoms with Gasteiger partial charge in [0.1, 0.15) is 0 Å². The van der Waals surface area contributed by atoms with Crippen molar-refractivity contribution >= 4 is 23.2 Å². The van der Waals surface area contributed by atoms with Crippen molar-refractivity contribution in [2.45, 2.75) is 13.5 Å². The van der Waals surface area contributed by atoms with Gasteiger partial charge in [-0.05, 0) is 12.1 Å². The number of ether oxygens (including phenoxy) is 1. The van der Waals surface area contributed by atoms with Crippen LogP contribution in [0.4, 0.5) is 17.3 Å². The maximum atomic E-state index is 12.6. The van der Waals surface area contributed by atoms with Crippen molar-refractivity contribution in [2.24, 2.45) is 5.92 Å². The second-order valence-corrected chi connectivity index (χ2v) is 7.16. The highest BCUT2D eigenvalue weighted by molar-refractivity contribution is 5.99. The Kier molecular flexibility index (Phi) is 4.94. The fraction of sp³-hybridized carbons (Fsp3) is 0.450. The van der Waals surface area contributed by atoms with Gasteiger partial charge in [-0.2, -0.15) is 0 Å². The number of carbonyl (C=O) groups is 1. The first-order chi connectivity index (χ1) is 13.1. The van der Waals surface area contributed by atoms with Crippen molar-refractivity contribution in [3.8, 4) is 0 Å². The molecule has 1 amide bonds. The third-order valence-electron chi connectivity index (χ3n) is 5.19. The van der Waals surface area contributed by atoms with Crippen molar-refractivity contribution in [3.05, 3.63) is 42.2 Å². The van der Waals surface area contributed by atoms with E-state index in [-0.39, 0.29) is 11.8 Å². The summed E-state index contributed by atoms with van der Waals surface area (Å²) in [6, 6.07) is 8.05. The number of nitrogens with zero attached hydrogens (tertiary/aromatic N) is 5. The van der Waals surface area contributed by atoms with Crippen LogP contribution in [0.5, 0.6) is 0 Å². The molecule has 27 heavy (non-hydrogen) atoms. The van der Waals surface area contributed by atoms with Gasteiger partial charge in [-0.3, -0.25) is 4.79 Å². The summed E-state index contributed by atoms with van der Waals surface area (Å²) in [5, 5.41) is 0. The van der Waals surface area contributed by atoms with Crippen LogP contribution in [0.15, 0.2) is 36.7 Å². The van der Waals surface area contributed by atoms with Gasteiger partial charge < -0.3 is 19.4 Å². The number of para-hydroxylation sites is 2. The molecule has 3 heterocycles. The topological polar surface area (TPSA) is 61.8 Å². The highest BCUT2D eigenvalue weighted by Gasteiger charge is 2.28. The first-order valence-corrected chi connectivity index (χ1v) is 9.38. The van der Waals surface area contributed by atoms with Gasteiger partial charge in [0.05, 0.1) is 30.5 Å². The molecule has 0 saturated carbocycles. The first-order valence-electron chi connectivity index (χ1n) is 9.38. The monoisotopic (exact) mass is 367 g/mol. The van der Waals surface area contributed by atoms with Crippen molar-refractivity contribution in [2.75, 3.05) is 54.6 Å². The molecule has 1 fully saturated rings. The zero-order valence-corrected chi connectivity index (χ0v) is 15.8. The summed E-state index contributed by atoms with van der Waals surface area (Å²) in [7, 11) is 1.85. The molecule has 7 nitrogen and oxygen atoms in total. The summed E-state index contributed by atoms with van der Waals surface area (Å²) in [5.74, 6) is 0.821. The van der Waals surface area contributed by atoms with Crippen LogP contribution in [0.25, 0.3) is 0 Å². The zero-order valence-electron chi connectivity index (χ0n) is 15.8. The first kappa shape index (κ1) is 17.7. The predicted molar refractivity (Wildman–Crippen MR) is 105 cm³/mol. The van der Waals surface area contributed by atoms with Crippen LogP contribution in [0.2, 0.25) is 0 Å². The molecule has 0 radical (unpaired) electrons. The maximum Gasteiger partial charge on any atom is 0.231 e. The Bertz CT molecular complexity index is 804. The molecular weight excluding hydrogens is 342 g/mol. The van der Waals surface area contributed by atoms with E-state index in [1.807, 2.05) is 44.6 Å². The smallest absolute Gasteiger partial charge is 0.231 e. The highest BCUT2D eigenvalue weighted by Crippen LogP contribution is 2.34. The molecular formula is C20H25N5O2. The van der Waals surface area contributed by atoms with Crippen LogP contribution in [-0.2, 0) is 16.1 Å². The molecule has 4 rings (SSSR count). The average molecular weight is 367 g/mol. The summed E-state index contributed by atoms with van der Waals surface area (Å²) < 4.78 is 5.38. The lowest BCUT2D eigenvalue weighted by Gasteiger charge is -2.27. The SMILES string of the molecule is CC1CN(Cc2cnc(N3CCOCC3)nc2)c2ccccc2N(C)C1=O. The standard InChI is InChI=1S/C20H25N5O2/c1-15-13-25(18-6-4-3-5-17(18)23(2)19(15)26)14-16-11-21-20(22-12-16)24-7-9-27-10-8-24/h3-6,11-12,15H,7-10,13-14H2,1-2H3. The summed E-state index contributed by atoms with van der Waals surface area (Å²) >= 11 is 0. The van der Waals surface area contributed by atoms with Crippen LogP contribution in [0, 0.1) is 5.92 Å². The molecule has 1 unspecified atom stereocenters. The van der Waals surface area contributed by atoms with Crippen molar-refractivity contribution in [3.63, 3.8) is 0 Å². The Morgan fingerprint density at radius 1 is 1.11 bits per heavy atom. The van der Waals surface area contributed by atoms with E-state index < -0.39 is 0 Å². The van der Waals surface area contributed by atoms with Crippen LogP contribution in [-0.4, -0.2) is 55.8 Å². The second kappa shape index (κ2) is 7.52. The van der Waals surface area contributed by atoms with E-state index in [4.69, 9.17) is 4.74 Å². The normalized spacial score (nSPS) is 20.4. The minimum absolute atomic E-state index is 0.0732. The number of amides is 1. The van der Waals surface area contributed by atoms with Crippen molar-refractivity contribution in [1.82, 2.24) is 9.97 Å². The Balaban J connectivity index is 1.56. The number of fused-ring (bicyclic) bond motifs is 1. The van der Waals surface area contributed by atoms with E-state index in [0.717, 1.165) is 49.2 Å². The summed E-state index contributed by atoms with van der Waals surface area (Å²) in [6.45, 7) is 6.41. The number of hydrogen-bond donors (Lipinski definition) is 0. The van der Waals surface area contributed by atoms with Crippen LogP contribution in [0.3, 0.4) is 0 Å². The van der Waals surface area contributed by atoms with E-state index in [9.17, 15) is 4.79 Å². The third kappa shape index (κ3) is 3.60. The lowest BCUT2D eigenvalue weighted by Crippen LogP contribution is -2.37. The molecule has 0 N–H and O–H groups in total. The molecule has 1 saturated heterocycles. The van der Waals surface area contributed by atoms with Gasteiger partial charge in [-0.15, -0.1) is 0 Å². The zero-order chi connectivity index (χ0) is 18.8. The van der Waals surface area contributed by atoms with Crippen LogP contribution in [0.1, 0.15) is 12.5 Å². The third-order valence-corrected chi connectivity index (χ3v) is 5.19. The number of carbonyl (C=O) groups excluding carboxylic acids is 1. The van der Waals surface area contributed by atoms with Gasteiger partial charge in [-0.1, -0.05) is 19.1 Å². The molecule has 1 aromatic carbocycles. The molecule has 142 valence electrons. The van der Waals surface area contributed by atoms with E-state index in [0.29, 0.717) is 13.1 Å². The maximum absolute atomic E-state index is 12.6. The Hall–Kier alpha value is -2.67. The Morgan fingerprint density at radius 3 is 2.48 bits per heavy atom.